The molecule has 322 valence electrons. The van der Waals surface area contributed by atoms with Gasteiger partial charge in [-0.15, -0.1) is 0 Å². The van der Waals surface area contributed by atoms with Gasteiger partial charge in [-0.25, -0.2) is 4.79 Å². The summed E-state index contributed by atoms with van der Waals surface area (Å²) >= 11 is 0. The van der Waals surface area contributed by atoms with Crippen LogP contribution in [0.2, 0.25) is 0 Å². The van der Waals surface area contributed by atoms with Crippen LogP contribution in [0, 0.1) is 0 Å². The summed E-state index contributed by atoms with van der Waals surface area (Å²) in [4.78, 5) is 37.0. The Bertz CT molecular complexity index is 1100. The van der Waals surface area contributed by atoms with Crippen molar-refractivity contribution in [2.45, 2.75) is 187 Å². The first-order valence-corrected chi connectivity index (χ1v) is 22.4. The smallest absolute Gasteiger partial charge is 0.362 e. The summed E-state index contributed by atoms with van der Waals surface area (Å²) in [5.74, 6) is -1.51. The van der Waals surface area contributed by atoms with E-state index in [-0.39, 0.29) is 36.2 Å². The van der Waals surface area contributed by atoms with Crippen LogP contribution in [0.5, 0.6) is 0 Å². The van der Waals surface area contributed by atoms with Crippen molar-refractivity contribution in [1.82, 2.24) is 0 Å². The number of unbranched alkanes of at least 4 members (excludes halogenated alkanes) is 17. The van der Waals surface area contributed by atoms with Crippen LogP contribution < -0.4 is 0 Å². The Hall–Kier alpha value is -2.97. The topological polar surface area (TPSA) is 99.1 Å². The van der Waals surface area contributed by atoms with Crippen LogP contribution in [0.15, 0.2) is 60.8 Å². The first kappa shape index (κ1) is 53.0. The highest BCUT2D eigenvalue weighted by Gasteiger charge is 2.31. The number of nitrogens with zero attached hydrogens (tertiary/aromatic N) is 1. The summed E-state index contributed by atoms with van der Waals surface area (Å²) in [6.07, 6.45) is 46.9. The number of quaternary nitrogens is 1. The fourth-order valence-corrected chi connectivity index (χ4v) is 6.25. The predicted octanol–water partition coefficient (Wildman–Crippen LogP) is 12.2. The van der Waals surface area contributed by atoms with Crippen LogP contribution >= 0.6 is 0 Å². The lowest BCUT2D eigenvalue weighted by Gasteiger charge is -2.31. The van der Waals surface area contributed by atoms with E-state index in [9.17, 15) is 19.5 Å². The monoisotopic (exact) mass is 787 g/mol. The van der Waals surface area contributed by atoms with Crippen LogP contribution in [0.25, 0.3) is 0 Å². The molecule has 0 aromatic carbocycles. The molecule has 0 aliphatic heterocycles. The maximum atomic E-state index is 12.7. The number of rotatable bonds is 39. The minimum Gasteiger partial charge on any atom is -0.477 e. The molecule has 8 heteroatoms. The van der Waals surface area contributed by atoms with Gasteiger partial charge >= 0.3 is 17.9 Å². The Morgan fingerprint density at radius 3 is 1.61 bits per heavy atom. The van der Waals surface area contributed by atoms with Crippen molar-refractivity contribution in [2.75, 3.05) is 41.0 Å². The van der Waals surface area contributed by atoms with Gasteiger partial charge in [-0.1, -0.05) is 152 Å². The lowest BCUT2D eigenvalue weighted by atomic mass is 10.1. The van der Waals surface area contributed by atoms with Gasteiger partial charge in [-0.3, -0.25) is 9.59 Å². The Labute approximate surface area is 343 Å². The number of ether oxygens (including phenoxy) is 3. The Morgan fingerprint density at radius 2 is 1.07 bits per heavy atom. The zero-order valence-corrected chi connectivity index (χ0v) is 36.6. The number of aliphatic carboxylic acids is 1. The quantitative estimate of drug-likeness (QED) is 0.0218. The third-order valence-electron chi connectivity index (χ3n) is 9.71. The highest BCUT2D eigenvalue weighted by atomic mass is 16.6. The number of hydrogen-bond donors (Lipinski definition) is 1. The van der Waals surface area contributed by atoms with E-state index in [4.69, 9.17) is 14.2 Å². The molecule has 0 spiro atoms. The molecule has 0 heterocycles. The summed E-state index contributed by atoms with van der Waals surface area (Å²) < 4.78 is 17.3. The van der Waals surface area contributed by atoms with Gasteiger partial charge in [-0.05, 0) is 64.2 Å². The molecule has 0 aliphatic rings. The molecule has 0 saturated heterocycles. The van der Waals surface area contributed by atoms with E-state index in [1.54, 1.807) is 0 Å². The summed E-state index contributed by atoms with van der Waals surface area (Å²) in [5.41, 5.74) is 0. The summed E-state index contributed by atoms with van der Waals surface area (Å²) in [6, 6.07) is -0.622. The molecule has 2 atom stereocenters. The number of hydrogen-bond acceptors (Lipinski definition) is 6. The van der Waals surface area contributed by atoms with E-state index in [2.05, 4.69) is 74.6 Å². The van der Waals surface area contributed by atoms with Gasteiger partial charge < -0.3 is 23.8 Å². The summed E-state index contributed by atoms with van der Waals surface area (Å²) in [6.45, 7) is 4.58. The highest BCUT2D eigenvalue weighted by Crippen LogP contribution is 2.13. The third-order valence-corrected chi connectivity index (χ3v) is 9.71. The molecule has 8 nitrogen and oxygen atoms in total. The molecule has 0 aromatic heterocycles. The molecule has 0 aromatic rings. The van der Waals surface area contributed by atoms with Crippen molar-refractivity contribution in [3.63, 3.8) is 0 Å². The van der Waals surface area contributed by atoms with E-state index in [0.717, 1.165) is 83.5 Å². The maximum absolute atomic E-state index is 12.7. The van der Waals surface area contributed by atoms with Crippen LogP contribution in [-0.4, -0.2) is 80.6 Å². The molecule has 0 rings (SSSR count). The largest absolute Gasteiger partial charge is 0.477 e. The number of carboxylic acids is 1. The van der Waals surface area contributed by atoms with Gasteiger partial charge in [0.15, 0.2) is 12.1 Å². The molecule has 0 aliphatic carbocycles. The highest BCUT2D eigenvalue weighted by molar-refractivity contribution is 5.72. The van der Waals surface area contributed by atoms with Crippen molar-refractivity contribution in [2.24, 2.45) is 0 Å². The second-order valence-electron chi connectivity index (χ2n) is 16.0. The SMILES string of the molecule is CC/C=C/C/C=C/CCCCCCCCCC(=O)OCC(COCCC(C(=O)O)[N+](C)(C)C)OC(=O)CCCCCCC/C=C/C=C/C=C/CCCCCCC. The molecule has 1 N–H and O–H groups in total. The molecule has 0 amide bonds. The number of allylic oxidation sites excluding steroid dienone is 10. The van der Waals surface area contributed by atoms with Crippen molar-refractivity contribution in [3.05, 3.63) is 60.8 Å². The van der Waals surface area contributed by atoms with Crippen molar-refractivity contribution < 1.29 is 38.2 Å². The second kappa shape index (κ2) is 38.9. The number of likely N-dealkylation sites (N-methyl/N-ethyl adjacent to an activating group) is 1. The van der Waals surface area contributed by atoms with E-state index < -0.39 is 18.1 Å². The summed E-state index contributed by atoms with van der Waals surface area (Å²) in [7, 11) is 5.51. The lowest BCUT2D eigenvalue weighted by Crippen LogP contribution is -2.50. The van der Waals surface area contributed by atoms with Crippen LogP contribution in [0.4, 0.5) is 0 Å². The zero-order chi connectivity index (χ0) is 41.4. The van der Waals surface area contributed by atoms with Crippen LogP contribution in [0.3, 0.4) is 0 Å². The van der Waals surface area contributed by atoms with Gasteiger partial charge in [0.2, 0.25) is 0 Å². The predicted molar refractivity (Wildman–Crippen MR) is 234 cm³/mol. The second-order valence-corrected chi connectivity index (χ2v) is 16.0. The number of esters is 2. The average molecular weight is 787 g/mol. The average Bonchev–Trinajstić information content (AvgIpc) is 3.15. The van der Waals surface area contributed by atoms with Gasteiger partial charge in [0.1, 0.15) is 6.61 Å². The van der Waals surface area contributed by atoms with Gasteiger partial charge in [0.05, 0.1) is 34.4 Å². The summed E-state index contributed by atoms with van der Waals surface area (Å²) in [5, 5.41) is 9.62. The van der Waals surface area contributed by atoms with E-state index >= 15 is 0 Å². The molecule has 2 unspecified atom stereocenters. The number of carbonyl (C=O) groups is 3. The minimum atomic E-state index is -0.882. The zero-order valence-electron chi connectivity index (χ0n) is 36.6. The van der Waals surface area contributed by atoms with E-state index in [1.807, 2.05) is 21.1 Å². The fourth-order valence-electron chi connectivity index (χ4n) is 6.25. The number of carboxylic acid groups (broad SMARTS) is 1. The Morgan fingerprint density at radius 1 is 0.571 bits per heavy atom. The van der Waals surface area contributed by atoms with Gasteiger partial charge in [0.25, 0.3) is 0 Å². The van der Waals surface area contributed by atoms with Crippen molar-refractivity contribution in [1.29, 1.82) is 0 Å². The lowest BCUT2D eigenvalue weighted by molar-refractivity contribution is -0.887. The maximum Gasteiger partial charge on any atom is 0.362 e. The normalized spacial score (nSPS) is 13.5. The molecule has 0 saturated carbocycles. The molecular weight excluding hydrogens is 703 g/mol. The minimum absolute atomic E-state index is 0.0479. The number of carbonyl (C=O) groups excluding carboxylic acids is 2. The third kappa shape index (κ3) is 36.7. The van der Waals surface area contributed by atoms with Gasteiger partial charge in [-0.2, -0.15) is 0 Å². The first-order valence-electron chi connectivity index (χ1n) is 22.4. The molecule has 56 heavy (non-hydrogen) atoms. The van der Waals surface area contributed by atoms with Crippen LogP contribution in [-0.2, 0) is 28.6 Å². The van der Waals surface area contributed by atoms with Crippen molar-refractivity contribution in [3.8, 4) is 0 Å². The standard InChI is InChI=1S/C48H83NO7/c1-6-8-10-12-14-16-18-20-22-23-24-25-27-29-31-33-35-37-39-47(51)56-44(42-54-41-40-45(48(52)53)49(3,4)5)43-55-46(50)38-36-34-32-30-28-26-21-19-17-15-13-11-9-7-2/h9,11,15,17-18,20,22-25,44-45H,6-8,10,12-14,16,19,21,26-43H2,1-5H3/p+1/b11-9+,17-15+,20-18+,23-22+,25-24+. The van der Waals surface area contributed by atoms with E-state index in [1.165, 1.54) is 57.8 Å². The Balaban J connectivity index is 4.40. The van der Waals surface area contributed by atoms with Crippen LogP contribution in [0.1, 0.15) is 174 Å². The van der Waals surface area contributed by atoms with Gasteiger partial charge in [0, 0.05) is 19.3 Å². The molecular formula is C48H84NO7+. The fraction of sp³-hybridized carbons (Fsp3) is 0.729. The van der Waals surface area contributed by atoms with E-state index in [0.29, 0.717) is 19.3 Å². The first-order chi connectivity index (χ1) is 27.1. The Kier molecular flexibility index (Phi) is 36.8. The molecule has 0 radical (unpaired) electrons. The molecule has 0 fully saturated rings. The molecule has 0 bridgehead atoms. The van der Waals surface area contributed by atoms with Crippen molar-refractivity contribution >= 4 is 17.9 Å².